The Morgan fingerprint density at radius 3 is 2.05 bits per heavy atom. The molecule has 0 fully saturated rings. The van der Waals surface area contributed by atoms with Crippen LogP contribution in [0.5, 0.6) is 0 Å². The van der Waals surface area contributed by atoms with Crippen molar-refractivity contribution in [2.75, 3.05) is 5.32 Å². The molecule has 1 nitrogen and oxygen atoms in total. The zero-order valence-corrected chi connectivity index (χ0v) is 12.4. The van der Waals surface area contributed by atoms with Crippen LogP contribution in [0, 0.1) is 0 Å². The summed E-state index contributed by atoms with van der Waals surface area (Å²) in [4.78, 5) is 0. The van der Waals surface area contributed by atoms with E-state index in [2.05, 4.69) is 78.1 Å². The average Bonchev–Trinajstić information content (AvgIpc) is 2.61. The summed E-state index contributed by atoms with van der Waals surface area (Å²) in [5, 5.41) is 3.47. The zero-order chi connectivity index (χ0) is 15.0. The molecule has 0 unspecified atom stereocenters. The smallest absolute Gasteiger partial charge is 0.0406 e. The van der Waals surface area contributed by atoms with E-state index in [1.807, 2.05) is 24.3 Å². The van der Waals surface area contributed by atoms with Crippen LogP contribution in [-0.2, 0) is 6.54 Å². The van der Waals surface area contributed by atoms with Crippen molar-refractivity contribution in [1.82, 2.24) is 0 Å². The quantitative estimate of drug-likeness (QED) is 0.613. The molecule has 0 saturated carbocycles. The zero-order valence-electron chi connectivity index (χ0n) is 12.4. The molecule has 0 aliphatic heterocycles. The second-order valence-electron chi connectivity index (χ2n) is 5.16. The van der Waals surface area contributed by atoms with E-state index in [-0.39, 0.29) is 0 Å². The van der Waals surface area contributed by atoms with Gasteiger partial charge in [-0.2, -0.15) is 0 Å². The Hall–Kier alpha value is -2.80. The molecule has 0 atom stereocenters. The Morgan fingerprint density at radius 2 is 1.27 bits per heavy atom. The van der Waals surface area contributed by atoms with Crippen LogP contribution < -0.4 is 5.32 Å². The molecule has 0 heterocycles. The van der Waals surface area contributed by atoms with Crippen LogP contribution >= 0.6 is 0 Å². The van der Waals surface area contributed by atoms with Gasteiger partial charge in [-0.15, -0.1) is 0 Å². The van der Waals surface area contributed by atoms with Gasteiger partial charge in [-0.1, -0.05) is 84.9 Å². The van der Waals surface area contributed by atoms with E-state index in [0.29, 0.717) is 0 Å². The minimum atomic E-state index is 0.819. The van der Waals surface area contributed by atoms with Crippen LogP contribution in [0.1, 0.15) is 16.7 Å². The fraction of sp³-hybridized carbons (Fsp3) is 0.0476. The summed E-state index contributed by atoms with van der Waals surface area (Å²) in [6.07, 6.45) is 4.33. The van der Waals surface area contributed by atoms with Crippen LogP contribution in [0.3, 0.4) is 0 Å². The van der Waals surface area contributed by atoms with Crippen molar-refractivity contribution >= 4 is 17.8 Å². The van der Waals surface area contributed by atoms with Gasteiger partial charge in [0.15, 0.2) is 0 Å². The lowest BCUT2D eigenvalue weighted by molar-refractivity contribution is 1.14. The normalized spacial score (nSPS) is 10.7. The third kappa shape index (κ3) is 3.86. The first-order valence-electron chi connectivity index (χ1n) is 7.52. The summed E-state index contributed by atoms with van der Waals surface area (Å²) in [6.45, 7) is 0.819. The molecule has 3 rings (SSSR count). The number of rotatable bonds is 5. The minimum absolute atomic E-state index is 0.819. The van der Waals surface area contributed by atoms with Gasteiger partial charge in [-0.25, -0.2) is 0 Å². The molecule has 0 spiro atoms. The first-order chi connectivity index (χ1) is 10.9. The Morgan fingerprint density at radius 1 is 0.636 bits per heavy atom. The Labute approximate surface area is 132 Å². The second-order valence-corrected chi connectivity index (χ2v) is 5.16. The largest absolute Gasteiger partial charge is 0.381 e. The Bertz CT molecular complexity index is 730. The maximum atomic E-state index is 3.47. The number of anilines is 1. The summed E-state index contributed by atoms with van der Waals surface area (Å²) in [7, 11) is 0. The molecule has 0 aromatic heterocycles. The summed E-state index contributed by atoms with van der Waals surface area (Å²) >= 11 is 0. The van der Waals surface area contributed by atoms with Crippen LogP contribution in [0.4, 0.5) is 5.69 Å². The molecule has 0 aliphatic carbocycles. The highest BCUT2D eigenvalue weighted by molar-refractivity contribution is 5.71. The Balaban J connectivity index is 1.74. The van der Waals surface area contributed by atoms with Crippen molar-refractivity contribution in [2.24, 2.45) is 0 Å². The first kappa shape index (κ1) is 14.2. The minimum Gasteiger partial charge on any atom is -0.381 e. The van der Waals surface area contributed by atoms with Crippen molar-refractivity contribution in [3.63, 3.8) is 0 Å². The van der Waals surface area contributed by atoms with E-state index >= 15 is 0 Å². The molecule has 108 valence electrons. The predicted octanol–water partition coefficient (Wildman–Crippen LogP) is 5.47. The molecular formula is C21H19N. The van der Waals surface area contributed by atoms with Crippen LogP contribution in [-0.4, -0.2) is 0 Å². The summed E-state index contributed by atoms with van der Waals surface area (Å²) in [5.41, 5.74) is 4.89. The van der Waals surface area contributed by atoms with E-state index in [1.54, 1.807) is 0 Å². The van der Waals surface area contributed by atoms with E-state index in [4.69, 9.17) is 0 Å². The molecular weight excluding hydrogens is 266 g/mol. The molecule has 0 amide bonds. The lowest BCUT2D eigenvalue weighted by atomic mass is 10.1. The summed E-state index contributed by atoms with van der Waals surface area (Å²) < 4.78 is 0. The van der Waals surface area contributed by atoms with E-state index < -0.39 is 0 Å². The van der Waals surface area contributed by atoms with E-state index in [0.717, 1.165) is 12.2 Å². The van der Waals surface area contributed by atoms with Gasteiger partial charge in [-0.05, 0) is 28.8 Å². The number of hydrogen-bond acceptors (Lipinski definition) is 1. The topological polar surface area (TPSA) is 12.0 Å². The van der Waals surface area contributed by atoms with E-state index in [9.17, 15) is 0 Å². The highest BCUT2D eigenvalue weighted by atomic mass is 14.9. The highest BCUT2D eigenvalue weighted by Crippen LogP contribution is 2.15. The van der Waals surface area contributed by atoms with Gasteiger partial charge >= 0.3 is 0 Å². The van der Waals surface area contributed by atoms with Gasteiger partial charge in [-0.3, -0.25) is 0 Å². The molecule has 3 aromatic carbocycles. The second kappa shape index (κ2) is 7.28. The summed E-state index contributed by atoms with van der Waals surface area (Å²) in [6, 6.07) is 29.2. The van der Waals surface area contributed by atoms with Crippen molar-refractivity contribution in [3.05, 3.63) is 102 Å². The van der Waals surface area contributed by atoms with E-state index in [1.165, 1.54) is 16.7 Å². The molecule has 0 radical (unpaired) electrons. The van der Waals surface area contributed by atoms with Crippen LogP contribution in [0.15, 0.2) is 84.9 Å². The van der Waals surface area contributed by atoms with Crippen LogP contribution in [0.25, 0.3) is 12.2 Å². The van der Waals surface area contributed by atoms with Gasteiger partial charge < -0.3 is 5.32 Å². The maximum absolute atomic E-state index is 3.47. The first-order valence-corrected chi connectivity index (χ1v) is 7.52. The highest BCUT2D eigenvalue weighted by Gasteiger charge is 1.98. The molecule has 1 N–H and O–H groups in total. The third-order valence-corrected chi connectivity index (χ3v) is 3.57. The maximum Gasteiger partial charge on any atom is 0.0406 e. The molecule has 22 heavy (non-hydrogen) atoms. The van der Waals surface area contributed by atoms with Gasteiger partial charge in [0.05, 0.1) is 0 Å². The molecule has 1 heteroatoms. The lowest BCUT2D eigenvalue weighted by Crippen LogP contribution is -2.00. The van der Waals surface area contributed by atoms with Gasteiger partial charge in [0.2, 0.25) is 0 Å². The van der Waals surface area contributed by atoms with Crippen LogP contribution in [0.2, 0.25) is 0 Å². The predicted molar refractivity (Wildman–Crippen MR) is 95.6 cm³/mol. The molecule has 3 aromatic rings. The average molecular weight is 285 g/mol. The monoisotopic (exact) mass is 285 g/mol. The molecule has 0 bridgehead atoms. The van der Waals surface area contributed by atoms with Gasteiger partial charge in [0, 0.05) is 12.2 Å². The lowest BCUT2D eigenvalue weighted by Gasteiger charge is -2.09. The summed E-state index contributed by atoms with van der Waals surface area (Å²) in [5.74, 6) is 0. The number of hydrogen-bond donors (Lipinski definition) is 1. The van der Waals surface area contributed by atoms with Crippen molar-refractivity contribution in [3.8, 4) is 0 Å². The number of nitrogens with one attached hydrogen (secondary N) is 1. The SMILES string of the molecule is C(=C\c1ccccc1CNc1ccccc1)/c1ccccc1. The molecule has 0 saturated heterocycles. The Kier molecular flexibility index (Phi) is 4.68. The fourth-order valence-electron chi connectivity index (χ4n) is 2.36. The fourth-order valence-corrected chi connectivity index (χ4v) is 2.36. The number of benzene rings is 3. The van der Waals surface area contributed by atoms with Crippen molar-refractivity contribution < 1.29 is 0 Å². The van der Waals surface area contributed by atoms with Gasteiger partial charge in [0.25, 0.3) is 0 Å². The van der Waals surface area contributed by atoms with Gasteiger partial charge in [0.1, 0.15) is 0 Å². The third-order valence-electron chi connectivity index (χ3n) is 3.57. The molecule has 0 aliphatic rings. The van der Waals surface area contributed by atoms with Crippen molar-refractivity contribution in [1.29, 1.82) is 0 Å². The standard InChI is InChI=1S/C21H19N/c1-3-9-18(10-4-1)15-16-19-11-7-8-12-20(19)17-22-21-13-5-2-6-14-21/h1-16,22H,17H2/b16-15+. The number of para-hydroxylation sites is 1. The van der Waals surface area contributed by atoms with Crippen molar-refractivity contribution in [2.45, 2.75) is 6.54 Å².